The average molecular weight is 1460 g/mol. The maximum Gasteiger partial charge on any atom is 0.294 e. The number of carbonyl (C=O) groups is 2. The van der Waals surface area contributed by atoms with E-state index in [-0.39, 0.29) is 107 Å². The first-order chi connectivity index (χ1) is 46.1. The molecule has 0 bridgehead atoms. The summed E-state index contributed by atoms with van der Waals surface area (Å²) >= 11 is 0. The second-order valence-electron chi connectivity index (χ2n) is 30.6. The highest BCUT2D eigenvalue weighted by Crippen LogP contribution is 2.68. The van der Waals surface area contributed by atoms with Crippen LogP contribution in [0.25, 0.3) is 0 Å². The number of amides is 2. The van der Waals surface area contributed by atoms with Crippen molar-refractivity contribution in [3.05, 3.63) is 83.6 Å². The van der Waals surface area contributed by atoms with Crippen LogP contribution in [0.2, 0.25) is 0 Å². The number of rotatable bonds is 33. The first kappa shape index (κ1) is 79.7. The average Bonchev–Trinajstić information content (AvgIpc) is 1.70. The van der Waals surface area contributed by atoms with Gasteiger partial charge in [-0.25, -0.2) is 0 Å². The van der Waals surface area contributed by atoms with Crippen LogP contribution in [0.4, 0.5) is 11.4 Å². The summed E-state index contributed by atoms with van der Waals surface area (Å²) in [7, 11) is -17.9. The van der Waals surface area contributed by atoms with E-state index >= 15 is 0 Å². The van der Waals surface area contributed by atoms with Gasteiger partial charge in [-0.05, 0) is 198 Å². The van der Waals surface area contributed by atoms with E-state index in [1.54, 1.807) is 30.4 Å². The van der Waals surface area contributed by atoms with Gasteiger partial charge in [0.1, 0.15) is 6.54 Å². The Bertz CT molecular complexity index is 3890. The van der Waals surface area contributed by atoms with E-state index in [0.29, 0.717) is 117 Å². The Morgan fingerprint density at radius 2 is 1.32 bits per heavy atom. The molecule has 2 heterocycles. The van der Waals surface area contributed by atoms with Crippen molar-refractivity contribution in [1.82, 2.24) is 10.6 Å². The van der Waals surface area contributed by atoms with Crippen LogP contribution in [-0.4, -0.2) is 169 Å². The van der Waals surface area contributed by atoms with Crippen molar-refractivity contribution in [2.75, 3.05) is 49.2 Å². The summed E-state index contributed by atoms with van der Waals surface area (Å²) < 4.78 is 138. The Hall–Kier alpha value is -4.98. The third-order valence-corrected chi connectivity index (χ3v) is 26.9. The molecule has 28 heteroatoms. The van der Waals surface area contributed by atoms with E-state index in [2.05, 4.69) is 50.4 Å². The molecule has 24 nitrogen and oxygen atoms in total. The lowest BCUT2D eigenvalue weighted by Gasteiger charge is -2.61. The number of nitrogens with zero attached hydrogens (tertiary/aromatic N) is 3. The molecule has 2 aliphatic heterocycles. The molecular formula is C71H108N5O19S4+. The number of aliphatic hydroxyl groups excluding tert-OH is 4. The molecule has 8 rings (SSSR count). The van der Waals surface area contributed by atoms with Gasteiger partial charge >= 0.3 is 0 Å². The third-order valence-electron chi connectivity index (χ3n) is 23.6. The molecule has 1 unspecified atom stereocenters. The van der Waals surface area contributed by atoms with Crippen LogP contribution < -0.4 is 15.5 Å². The standard InChI is InChI=1S/C71H107N5O19S4/c1-45(2)46(3)66(81)67(82)47(4)51-26-27-52-50-41-57(54-42-60(77)61(78)43-71(54,9)53(50)30-32-69(51,52)7)74-95-44-65(80)73-34-18-12-17-33-72-64(79)23-15-11-16-31-70(8)56-40-49(99(92,93)94)25-29-59(56)76(36-20-38-97(86,87)88)63(70)22-14-10-13-21-62-68(5,6)55-39-48(98(89,90)91)24-28-58(55)75(62)35-19-37-96(83,84)85/h10,13-14,21-22,24-25,28-29,39-40,45-47,50-54,60-61,66-67,77-78,81-82H,11-12,15-20,23,26-27,30-38,41-44H2,1-9H3,(H5-,72,73,79,80,83,84,85,86,87,88,89,90,91,92,93,94)/p+1/b74-57+/t46-,47-,50-,51+,52-,53-,54+,60-,61+,66+,67+,69+,70?,71+/m0/s1. The lowest BCUT2D eigenvalue weighted by molar-refractivity contribution is -0.437. The molecule has 6 aliphatic rings. The van der Waals surface area contributed by atoms with Crippen LogP contribution in [0, 0.1) is 58.2 Å². The normalized spacial score (nSPS) is 29.0. The molecule has 0 radical (unpaired) electrons. The lowest BCUT2D eigenvalue weighted by atomic mass is 9.43. The second-order valence-corrected chi connectivity index (χ2v) is 36.6. The van der Waals surface area contributed by atoms with Crippen molar-refractivity contribution in [3.63, 3.8) is 0 Å². The van der Waals surface area contributed by atoms with E-state index in [9.17, 15) is 81.9 Å². The smallest absolute Gasteiger partial charge is 0.294 e. The van der Waals surface area contributed by atoms with E-state index in [4.69, 9.17) is 4.84 Å². The number of carbonyl (C=O) groups excluding carboxylic acids is 2. The summed E-state index contributed by atoms with van der Waals surface area (Å²) in [4.78, 5) is 33.2. The van der Waals surface area contributed by atoms with Gasteiger partial charge in [0.15, 0.2) is 12.3 Å². The van der Waals surface area contributed by atoms with Gasteiger partial charge in [0.2, 0.25) is 11.6 Å². The predicted octanol–water partition coefficient (Wildman–Crippen LogP) is 8.86. The molecule has 10 N–H and O–H groups in total. The number of oxime groups is 1. The number of anilines is 1. The molecule has 2 aromatic rings. The molecule has 4 aliphatic carbocycles. The van der Waals surface area contributed by atoms with Crippen LogP contribution in [0.1, 0.15) is 183 Å². The van der Waals surface area contributed by atoms with Gasteiger partial charge in [0, 0.05) is 72.9 Å². The number of hydrogen-bond donors (Lipinski definition) is 10. The zero-order chi connectivity index (χ0) is 73.0. The van der Waals surface area contributed by atoms with Crippen molar-refractivity contribution in [2.45, 2.75) is 217 Å². The van der Waals surface area contributed by atoms with Gasteiger partial charge in [-0.3, -0.25) is 27.8 Å². The summed E-state index contributed by atoms with van der Waals surface area (Å²) in [5.74, 6) is -0.489. The fourth-order valence-corrected chi connectivity index (χ4v) is 19.9. The summed E-state index contributed by atoms with van der Waals surface area (Å²) in [6.07, 6.45) is 15.0. The van der Waals surface area contributed by atoms with Gasteiger partial charge in [0.05, 0.1) is 56.8 Å². The maximum atomic E-state index is 13.1. The molecule has 4 fully saturated rings. The summed E-state index contributed by atoms with van der Waals surface area (Å²) in [6, 6.07) is 8.30. The molecular weight excluding hydrogens is 1360 g/mol. The minimum atomic E-state index is -4.67. The highest BCUT2D eigenvalue weighted by molar-refractivity contribution is 7.86. The molecule has 0 spiro atoms. The summed E-state index contributed by atoms with van der Waals surface area (Å²) in [6.45, 7) is 19.1. The predicted molar refractivity (Wildman–Crippen MR) is 378 cm³/mol. The van der Waals surface area contributed by atoms with E-state index < -0.39 is 87.2 Å². The molecule has 2 aromatic carbocycles. The van der Waals surface area contributed by atoms with Gasteiger partial charge in [-0.15, -0.1) is 0 Å². The van der Waals surface area contributed by atoms with Crippen LogP contribution in [-0.2, 0) is 65.7 Å². The zero-order valence-electron chi connectivity index (χ0n) is 58.8. The molecule has 14 atom stereocenters. The Labute approximate surface area is 586 Å². The van der Waals surface area contributed by atoms with Gasteiger partial charge in [0.25, 0.3) is 46.4 Å². The number of hydrogen-bond acceptors (Lipinski definition) is 17. The first-order valence-electron chi connectivity index (χ1n) is 35.2. The molecule has 554 valence electrons. The Morgan fingerprint density at radius 3 is 1.97 bits per heavy atom. The van der Waals surface area contributed by atoms with Gasteiger partial charge < -0.3 is 40.8 Å². The monoisotopic (exact) mass is 1460 g/mol. The number of fused-ring (bicyclic) bond motifs is 7. The molecule has 99 heavy (non-hydrogen) atoms. The topological polar surface area (TPSA) is 384 Å². The van der Waals surface area contributed by atoms with Gasteiger partial charge in [-0.1, -0.05) is 77.8 Å². The first-order valence-corrected chi connectivity index (χ1v) is 41.3. The van der Waals surface area contributed by atoms with Gasteiger partial charge in [-0.2, -0.15) is 38.2 Å². The van der Waals surface area contributed by atoms with Crippen LogP contribution in [0.3, 0.4) is 0 Å². The quantitative estimate of drug-likeness (QED) is 0.0105. The molecule has 2 amide bonds. The molecule has 4 saturated carbocycles. The molecule has 0 saturated heterocycles. The van der Waals surface area contributed by atoms with Crippen molar-refractivity contribution in [3.8, 4) is 0 Å². The summed E-state index contributed by atoms with van der Waals surface area (Å²) in [5.41, 5.74) is 2.10. The second kappa shape index (κ2) is 31.9. The fourth-order valence-electron chi connectivity index (χ4n) is 17.9. The van der Waals surface area contributed by atoms with Crippen molar-refractivity contribution in [2.24, 2.45) is 63.3 Å². The Kier molecular flexibility index (Phi) is 25.7. The van der Waals surface area contributed by atoms with E-state index in [0.717, 1.165) is 37.8 Å². The Morgan fingerprint density at radius 1 is 0.707 bits per heavy atom. The summed E-state index contributed by atoms with van der Waals surface area (Å²) in [5, 5.41) is 55.4. The minimum Gasteiger partial charge on any atom is -0.390 e. The number of benzene rings is 2. The number of unbranched alkanes of at least 4 members (excludes halogenated alkanes) is 4. The number of aliphatic hydroxyl groups is 4. The SMILES string of the molecule is CC(C)[C@H](C)[C@@H](O)[C@H](O)[C@@H](C)[C@H]1CC[C@H]2[C@@H]3C/C(=N\OCC(=O)NCCCCCNC(=O)CCCCCC4(C)/C(=C/C=C/C=C/C5=[N+](CCCS(=O)(=O)O)c6ccc(S(=O)(=O)O)cc6C5(C)C)N(CCCS(=O)(=O)O)c5ccc(S(=O)(=O)O)cc54)[C@H]4C[C@H](O)[C@H](O)C[C@]4(C)[C@H]3CC[C@]12C. The van der Waals surface area contributed by atoms with Crippen molar-refractivity contribution in [1.29, 1.82) is 0 Å². The minimum absolute atomic E-state index is 0.0133. The highest BCUT2D eigenvalue weighted by Gasteiger charge is 2.64. The van der Waals surface area contributed by atoms with Crippen molar-refractivity contribution >= 4 is 75.1 Å². The lowest BCUT2D eigenvalue weighted by Crippen LogP contribution is -2.60. The third kappa shape index (κ3) is 18.5. The fraction of sp³-hybridized carbons (Fsp3) is 0.690. The largest absolute Gasteiger partial charge is 0.390 e. The van der Waals surface area contributed by atoms with Crippen LogP contribution in [0.5, 0.6) is 0 Å². The van der Waals surface area contributed by atoms with E-state index in [1.165, 1.54) is 36.4 Å². The van der Waals surface area contributed by atoms with Crippen molar-refractivity contribution < 1.29 is 91.3 Å². The maximum absolute atomic E-state index is 13.1. The number of allylic oxidation sites excluding steroid dienone is 6. The van der Waals surface area contributed by atoms with Crippen LogP contribution >= 0.6 is 0 Å². The Balaban J connectivity index is 0.836. The highest BCUT2D eigenvalue weighted by atomic mass is 32.2. The zero-order valence-corrected chi connectivity index (χ0v) is 62.1. The van der Waals surface area contributed by atoms with E-state index in [1.807, 2.05) is 37.2 Å². The number of nitrogens with one attached hydrogen (secondary N) is 2. The van der Waals surface area contributed by atoms with Crippen LogP contribution in [0.15, 0.2) is 87.4 Å². The molecule has 0 aromatic heterocycles.